The number of nitrogens with two attached hydrogens (primary N) is 1. The molecule has 0 aromatic rings. The maximum absolute atomic E-state index is 11.2. The number of hydrogen-bond donors (Lipinski definition) is 1. The molecule has 2 heteroatoms. The molecule has 0 aromatic carbocycles. The van der Waals surface area contributed by atoms with E-state index in [9.17, 15) is 4.79 Å². The first-order valence-electron chi connectivity index (χ1n) is 3.92. The van der Waals surface area contributed by atoms with E-state index in [1.54, 1.807) is 0 Å². The molecule has 2 N–H and O–H groups in total. The molecule has 2 nitrogen and oxygen atoms in total. The molecule has 2 unspecified atom stereocenters. The third kappa shape index (κ3) is 2.85. The summed E-state index contributed by atoms with van der Waals surface area (Å²) >= 11 is 0. The minimum Gasteiger partial charge on any atom is -0.327 e. The van der Waals surface area contributed by atoms with E-state index in [-0.39, 0.29) is 17.7 Å². The van der Waals surface area contributed by atoms with Crippen molar-refractivity contribution in [1.82, 2.24) is 0 Å². The van der Waals surface area contributed by atoms with Crippen LogP contribution < -0.4 is 5.73 Å². The summed E-state index contributed by atoms with van der Waals surface area (Å²) in [6, 6.07) is -0.0829. The molecular formula is C9H17NO. The van der Waals surface area contributed by atoms with Gasteiger partial charge in [-0.2, -0.15) is 0 Å². The molecule has 64 valence electrons. The molecule has 0 saturated carbocycles. The van der Waals surface area contributed by atoms with E-state index < -0.39 is 0 Å². The van der Waals surface area contributed by atoms with Gasteiger partial charge in [-0.05, 0) is 18.9 Å². The summed E-state index contributed by atoms with van der Waals surface area (Å²) in [5, 5.41) is 0. The molecular weight excluding hydrogens is 138 g/mol. The second-order valence-electron chi connectivity index (χ2n) is 3.24. The average molecular weight is 155 g/mol. The first-order chi connectivity index (χ1) is 5.00. The number of hydrogen-bond acceptors (Lipinski definition) is 2. The molecule has 0 amide bonds. The van der Waals surface area contributed by atoms with Crippen LogP contribution in [0, 0.1) is 11.8 Å². The van der Waals surface area contributed by atoms with Gasteiger partial charge >= 0.3 is 0 Å². The van der Waals surface area contributed by atoms with Gasteiger partial charge in [-0.25, -0.2) is 0 Å². The van der Waals surface area contributed by atoms with Crippen molar-refractivity contribution in [3.63, 3.8) is 0 Å². The summed E-state index contributed by atoms with van der Waals surface area (Å²) < 4.78 is 0. The number of ketones is 1. The van der Waals surface area contributed by atoms with E-state index in [0.29, 0.717) is 5.92 Å². The molecule has 0 aliphatic carbocycles. The largest absolute Gasteiger partial charge is 0.327 e. The summed E-state index contributed by atoms with van der Waals surface area (Å²) in [6.07, 6.45) is 1.36. The Kier molecular flexibility index (Phi) is 4.04. The monoisotopic (exact) mass is 155 g/mol. The summed E-state index contributed by atoms with van der Waals surface area (Å²) in [5.74, 6) is 0.267. The zero-order valence-corrected chi connectivity index (χ0v) is 7.50. The van der Waals surface area contributed by atoms with E-state index in [0.717, 1.165) is 0 Å². The van der Waals surface area contributed by atoms with Crippen LogP contribution in [-0.4, -0.2) is 11.8 Å². The third-order valence-electron chi connectivity index (χ3n) is 1.81. The van der Waals surface area contributed by atoms with Gasteiger partial charge in [-0.15, -0.1) is 0 Å². The lowest BCUT2D eigenvalue weighted by Gasteiger charge is -2.21. The highest BCUT2D eigenvalue weighted by Gasteiger charge is 2.23. The quantitative estimate of drug-likeness (QED) is 0.623. The molecule has 0 fully saturated rings. The van der Waals surface area contributed by atoms with Crippen LogP contribution in [0.3, 0.4) is 0 Å². The molecule has 0 aliphatic rings. The second-order valence-corrected chi connectivity index (χ2v) is 3.24. The summed E-state index contributed by atoms with van der Waals surface area (Å²) in [7, 11) is 0. The maximum atomic E-state index is 11.2. The minimum atomic E-state index is -0.0829. The normalized spacial score (nSPS) is 16.1. The van der Waals surface area contributed by atoms with Crippen LogP contribution >= 0.6 is 0 Å². The Morgan fingerprint density at radius 1 is 1.45 bits per heavy atom. The van der Waals surface area contributed by atoms with E-state index in [2.05, 4.69) is 6.58 Å². The smallest absolute Gasteiger partial charge is 0.159 e. The Bertz CT molecular complexity index is 142. The van der Waals surface area contributed by atoms with E-state index >= 15 is 0 Å². The van der Waals surface area contributed by atoms with Gasteiger partial charge in [-0.3, -0.25) is 4.79 Å². The lowest BCUT2D eigenvalue weighted by molar-refractivity contribution is -0.119. The predicted molar refractivity (Wildman–Crippen MR) is 47.2 cm³/mol. The lowest BCUT2D eigenvalue weighted by Crippen LogP contribution is -2.35. The van der Waals surface area contributed by atoms with Crippen molar-refractivity contribution >= 4 is 5.78 Å². The molecule has 0 heterocycles. The van der Waals surface area contributed by atoms with Crippen LogP contribution in [0.25, 0.3) is 0 Å². The van der Waals surface area contributed by atoms with Gasteiger partial charge in [0.15, 0.2) is 5.78 Å². The Hall–Kier alpha value is -0.630. The van der Waals surface area contributed by atoms with Crippen LogP contribution in [0.15, 0.2) is 12.7 Å². The van der Waals surface area contributed by atoms with Crippen molar-refractivity contribution in [3.05, 3.63) is 12.7 Å². The molecule has 0 bridgehead atoms. The van der Waals surface area contributed by atoms with Crippen molar-refractivity contribution in [2.75, 3.05) is 0 Å². The molecule has 0 aliphatic heterocycles. The van der Waals surface area contributed by atoms with Crippen LogP contribution in [0.4, 0.5) is 0 Å². The number of rotatable bonds is 4. The molecule has 2 atom stereocenters. The summed E-state index contributed by atoms with van der Waals surface area (Å²) in [4.78, 5) is 11.2. The topological polar surface area (TPSA) is 43.1 Å². The van der Waals surface area contributed by atoms with Gasteiger partial charge in [0, 0.05) is 12.0 Å². The number of allylic oxidation sites excluding steroid dienone is 1. The fourth-order valence-electron chi connectivity index (χ4n) is 1.33. The Balaban J connectivity index is 4.33. The van der Waals surface area contributed by atoms with E-state index in [1.165, 1.54) is 6.08 Å². The first-order valence-corrected chi connectivity index (χ1v) is 3.92. The first kappa shape index (κ1) is 10.4. The van der Waals surface area contributed by atoms with Gasteiger partial charge in [-0.1, -0.05) is 20.4 Å². The molecule has 0 rings (SSSR count). The van der Waals surface area contributed by atoms with Crippen LogP contribution in [0.1, 0.15) is 20.8 Å². The zero-order valence-electron chi connectivity index (χ0n) is 7.50. The highest BCUT2D eigenvalue weighted by atomic mass is 16.1. The predicted octanol–water partition coefficient (Wildman–Crippen LogP) is 1.36. The van der Waals surface area contributed by atoms with Crippen molar-refractivity contribution in [1.29, 1.82) is 0 Å². The second kappa shape index (κ2) is 4.29. The van der Waals surface area contributed by atoms with Gasteiger partial charge in [0.1, 0.15) is 0 Å². The van der Waals surface area contributed by atoms with Crippen molar-refractivity contribution in [2.24, 2.45) is 17.6 Å². The van der Waals surface area contributed by atoms with E-state index in [4.69, 9.17) is 5.73 Å². The highest BCUT2D eigenvalue weighted by molar-refractivity contribution is 5.91. The standard InChI is InChI=1S/C9H17NO/c1-5-8(11)9(6(2)3)7(4)10/h5-7,9H,1,10H2,2-4H3. The van der Waals surface area contributed by atoms with Crippen molar-refractivity contribution < 1.29 is 4.79 Å². The Morgan fingerprint density at radius 2 is 1.91 bits per heavy atom. The van der Waals surface area contributed by atoms with Crippen LogP contribution in [0.5, 0.6) is 0 Å². The fourth-order valence-corrected chi connectivity index (χ4v) is 1.33. The van der Waals surface area contributed by atoms with Gasteiger partial charge < -0.3 is 5.73 Å². The van der Waals surface area contributed by atoms with Crippen molar-refractivity contribution in [2.45, 2.75) is 26.8 Å². The van der Waals surface area contributed by atoms with E-state index in [1.807, 2.05) is 20.8 Å². The fraction of sp³-hybridized carbons (Fsp3) is 0.667. The van der Waals surface area contributed by atoms with Gasteiger partial charge in [0.05, 0.1) is 0 Å². The molecule has 11 heavy (non-hydrogen) atoms. The number of carbonyl (C=O) groups excluding carboxylic acids is 1. The summed E-state index contributed by atoms with van der Waals surface area (Å²) in [5.41, 5.74) is 5.65. The van der Waals surface area contributed by atoms with Crippen LogP contribution in [0.2, 0.25) is 0 Å². The summed E-state index contributed by atoms with van der Waals surface area (Å²) in [6.45, 7) is 9.29. The molecule has 0 aromatic heterocycles. The maximum Gasteiger partial charge on any atom is 0.159 e. The lowest BCUT2D eigenvalue weighted by atomic mass is 9.86. The minimum absolute atomic E-state index is 0.0509. The Labute approximate surface area is 68.5 Å². The zero-order chi connectivity index (χ0) is 9.02. The number of carbonyl (C=O) groups is 1. The van der Waals surface area contributed by atoms with Crippen molar-refractivity contribution in [3.8, 4) is 0 Å². The van der Waals surface area contributed by atoms with Gasteiger partial charge in [0.25, 0.3) is 0 Å². The molecule has 0 radical (unpaired) electrons. The van der Waals surface area contributed by atoms with Crippen LogP contribution in [-0.2, 0) is 4.79 Å². The molecule has 0 saturated heterocycles. The third-order valence-corrected chi connectivity index (χ3v) is 1.81. The molecule has 0 spiro atoms. The van der Waals surface area contributed by atoms with Gasteiger partial charge in [0.2, 0.25) is 0 Å². The highest BCUT2D eigenvalue weighted by Crippen LogP contribution is 2.15. The SMILES string of the molecule is C=CC(=O)C(C(C)C)C(C)N. The average Bonchev–Trinajstić information content (AvgIpc) is 1.85. The Morgan fingerprint density at radius 3 is 2.00 bits per heavy atom.